The van der Waals surface area contributed by atoms with Gasteiger partial charge in [-0.3, -0.25) is 0 Å². The standard InChI is InChI=1S/C8H14N6/c9-13-11-7-5-3-1-2-4-6-8(7)12-14-10/h7-8H,1-6H2/t7-,8+. The van der Waals surface area contributed by atoms with Gasteiger partial charge in [-0.05, 0) is 23.9 Å². The highest BCUT2D eigenvalue weighted by atomic mass is 15.2. The van der Waals surface area contributed by atoms with Crippen molar-refractivity contribution in [2.75, 3.05) is 0 Å². The van der Waals surface area contributed by atoms with Gasteiger partial charge in [-0.25, -0.2) is 0 Å². The zero-order valence-electron chi connectivity index (χ0n) is 8.08. The molecule has 0 spiro atoms. The van der Waals surface area contributed by atoms with Gasteiger partial charge >= 0.3 is 0 Å². The van der Waals surface area contributed by atoms with Crippen LogP contribution in [-0.4, -0.2) is 12.1 Å². The molecule has 1 aliphatic rings. The highest BCUT2D eigenvalue weighted by molar-refractivity contribution is 4.84. The first kappa shape index (κ1) is 10.7. The summed E-state index contributed by atoms with van der Waals surface area (Å²) >= 11 is 0. The lowest BCUT2D eigenvalue weighted by Crippen LogP contribution is -2.23. The Morgan fingerprint density at radius 3 is 1.57 bits per heavy atom. The monoisotopic (exact) mass is 194 g/mol. The van der Waals surface area contributed by atoms with Gasteiger partial charge in [0.25, 0.3) is 0 Å². The number of nitrogens with zero attached hydrogens (tertiary/aromatic N) is 6. The summed E-state index contributed by atoms with van der Waals surface area (Å²) in [5, 5.41) is 7.40. The van der Waals surface area contributed by atoms with Crippen molar-refractivity contribution in [3.05, 3.63) is 20.9 Å². The lowest BCUT2D eigenvalue weighted by Gasteiger charge is -2.21. The van der Waals surface area contributed by atoms with Crippen molar-refractivity contribution >= 4 is 0 Å². The fourth-order valence-electron chi connectivity index (χ4n) is 1.85. The van der Waals surface area contributed by atoms with Crippen LogP contribution in [0.15, 0.2) is 10.2 Å². The molecule has 0 amide bonds. The molecular weight excluding hydrogens is 180 g/mol. The Balaban J connectivity index is 2.69. The van der Waals surface area contributed by atoms with Crippen molar-refractivity contribution in [1.29, 1.82) is 0 Å². The second-order valence-electron chi connectivity index (χ2n) is 3.54. The molecule has 1 saturated carbocycles. The molecule has 0 radical (unpaired) electrons. The van der Waals surface area contributed by atoms with Crippen LogP contribution in [-0.2, 0) is 0 Å². The van der Waals surface area contributed by atoms with E-state index in [0.29, 0.717) is 0 Å². The fraction of sp³-hybridized carbons (Fsp3) is 1.00. The predicted molar refractivity (Wildman–Crippen MR) is 53.6 cm³/mol. The first-order chi connectivity index (χ1) is 6.88. The third-order valence-corrected chi connectivity index (χ3v) is 2.59. The lowest BCUT2D eigenvalue weighted by molar-refractivity contribution is 0.402. The third kappa shape index (κ3) is 3.17. The minimum absolute atomic E-state index is 0.142. The summed E-state index contributed by atoms with van der Waals surface area (Å²) in [6, 6.07) is -0.285. The molecule has 1 rings (SSSR count). The maximum Gasteiger partial charge on any atom is 0.0458 e. The summed E-state index contributed by atoms with van der Waals surface area (Å²) in [5.74, 6) is 0. The van der Waals surface area contributed by atoms with Crippen LogP contribution in [0.5, 0.6) is 0 Å². The largest absolute Gasteiger partial charge is 0.0902 e. The van der Waals surface area contributed by atoms with E-state index in [1.54, 1.807) is 0 Å². The molecule has 0 aromatic carbocycles. The van der Waals surface area contributed by atoms with Crippen molar-refractivity contribution in [2.45, 2.75) is 50.6 Å². The molecule has 0 heterocycles. The zero-order valence-corrected chi connectivity index (χ0v) is 8.08. The van der Waals surface area contributed by atoms with Gasteiger partial charge in [-0.15, -0.1) is 0 Å². The van der Waals surface area contributed by atoms with Gasteiger partial charge in [0, 0.05) is 21.9 Å². The number of rotatable bonds is 2. The van der Waals surface area contributed by atoms with Crippen molar-refractivity contribution in [3.8, 4) is 0 Å². The van der Waals surface area contributed by atoms with Crippen LogP contribution in [0.2, 0.25) is 0 Å². The van der Waals surface area contributed by atoms with Crippen molar-refractivity contribution < 1.29 is 0 Å². The first-order valence-electron chi connectivity index (χ1n) is 4.97. The molecule has 1 aliphatic carbocycles. The van der Waals surface area contributed by atoms with E-state index in [-0.39, 0.29) is 12.1 Å². The molecule has 76 valence electrons. The minimum Gasteiger partial charge on any atom is -0.0902 e. The summed E-state index contributed by atoms with van der Waals surface area (Å²) in [5.41, 5.74) is 16.8. The SMILES string of the molecule is [N-]=[N+]=N[C@H]1CCCCCC[C@H]1N=[N+]=[N-]. The minimum atomic E-state index is -0.142. The second kappa shape index (κ2) is 6.13. The molecule has 1 fully saturated rings. The lowest BCUT2D eigenvalue weighted by atomic mass is 9.93. The van der Waals surface area contributed by atoms with E-state index in [9.17, 15) is 0 Å². The Bertz CT molecular complexity index is 235. The number of hydrogen-bond donors (Lipinski definition) is 0. The normalized spacial score (nSPS) is 27.7. The molecule has 0 saturated heterocycles. The Kier molecular flexibility index (Phi) is 4.69. The Morgan fingerprint density at radius 1 is 0.786 bits per heavy atom. The fourth-order valence-corrected chi connectivity index (χ4v) is 1.85. The highest BCUT2D eigenvalue weighted by Crippen LogP contribution is 2.22. The summed E-state index contributed by atoms with van der Waals surface area (Å²) < 4.78 is 0. The molecular formula is C8H14N6. The van der Waals surface area contributed by atoms with Crippen LogP contribution in [0.1, 0.15) is 38.5 Å². The van der Waals surface area contributed by atoms with Gasteiger partial charge in [0.15, 0.2) is 0 Å². The number of azide groups is 2. The molecule has 2 atom stereocenters. The molecule has 6 nitrogen and oxygen atoms in total. The highest BCUT2D eigenvalue weighted by Gasteiger charge is 2.20. The topological polar surface area (TPSA) is 97.5 Å². The van der Waals surface area contributed by atoms with E-state index in [2.05, 4.69) is 20.1 Å². The quantitative estimate of drug-likeness (QED) is 0.364. The third-order valence-electron chi connectivity index (χ3n) is 2.59. The Hall–Kier alpha value is -1.38. The van der Waals surface area contributed by atoms with Crippen LogP contribution in [0.3, 0.4) is 0 Å². The Labute approximate surface area is 82.6 Å². The van der Waals surface area contributed by atoms with Gasteiger partial charge in [0.05, 0.1) is 0 Å². The van der Waals surface area contributed by atoms with E-state index in [4.69, 9.17) is 11.1 Å². The average Bonchev–Trinajstić information content (AvgIpc) is 2.16. The van der Waals surface area contributed by atoms with Crippen LogP contribution >= 0.6 is 0 Å². The maximum atomic E-state index is 8.39. The predicted octanol–water partition coefficient (Wildman–Crippen LogP) is 3.70. The van der Waals surface area contributed by atoms with Crippen molar-refractivity contribution in [3.63, 3.8) is 0 Å². The van der Waals surface area contributed by atoms with E-state index < -0.39 is 0 Å². The van der Waals surface area contributed by atoms with Crippen LogP contribution in [0.25, 0.3) is 20.9 Å². The molecule has 0 aliphatic heterocycles. The van der Waals surface area contributed by atoms with Crippen molar-refractivity contribution in [1.82, 2.24) is 0 Å². The van der Waals surface area contributed by atoms with Gasteiger partial charge < -0.3 is 0 Å². The van der Waals surface area contributed by atoms with Gasteiger partial charge in [0.1, 0.15) is 0 Å². The van der Waals surface area contributed by atoms with E-state index >= 15 is 0 Å². The molecule has 0 aromatic heterocycles. The summed E-state index contributed by atoms with van der Waals surface area (Å²) in [6.07, 6.45) is 6.16. The second-order valence-corrected chi connectivity index (χ2v) is 3.54. The van der Waals surface area contributed by atoms with Gasteiger partial charge in [-0.1, -0.05) is 35.9 Å². The molecule has 0 unspecified atom stereocenters. The molecule has 14 heavy (non-hydrogen) atoms. The van der Waals surface area contributed by atoms with Crippen LogP contribution < -0.4 is 0 Å². The van der Waals surface area contributed by atoms with E-state index in [1.807, 2.05) is 0 Å². The zero-order chi connectivity index (χ0) is 10.2. The smallest absolute Gasteiger partial charge is 0.0458 e. The molecule has 0 bridgehead atoms. The molecule has 0 N–H and O–H groups in total. The average molecular weight is 194 g/mol. The van der Waals surface area contributed by atoms with Crippen LogP contribution in [0.4, 0.5) is 0 Å². The van der Waals surface area contributed by atoms with Crippen LogP contribution in [0, 0.1) is 0 Å². The van der Waals surface area contributed by atoms with Crippen molar-refractivity contribution in [2.24, 2.45) is 10.2 Å². The first-order valence-corrected chi connectivity index (χ1v) is 4.97. The summed E-state index contributed by atoms with van der Waals surface area (Å²) in [7, 11) is 0. The summed E-state index contributed by atoms with van der Waals surface area (Å²) in [4.78, 5) is 5.61. The molecule has 6 heteroatoms. The van der Waals surface area contributed by atoms with E-state index in [1.165, 1.54) is 12.8 Å². The number of hydrogen-bond acceptors (Lipinski definition) is 2. The Morgan fingerprint density at radius 2 is 1.21 bits per heavy atom. The van der Waals surface area contributed by atoms with E-state index in [0.717, 1.165) is 25.7 Å². The van der Waals surface area contributed by atoms with Gasteiger partial charge in [0.2, 0.25) is 0 Å². The molecule has 0 aromatic rings. The maximum absolute atomic E-state index is 8.39. The van der Waals surface area contributed by atoms with Gasteiger partial charge in [-0.2, -0.15) is 0 Å². The summed E-state index contributed by atoms with van der Waals surface area (Å²) in [6.45, 7) is 0.